The predicted molar refractivity (Wildman–Crippen MR) is 105 cm³/mol. The molecule has 0 radical (unpaired) electrons. The standard InChI is InChI=1S/C20H30N4O3/c1-3-27-20(26)24-10-8-21(9-11-24)16-19(25)23-14-12-22(13-15-23)18-7-5-4-6-17(18)2/h4-7H,3,8-16H2,1-2H3. The third kappa shape index (κ3) is 4.91. The smallest absolute Gasteiger partial charge is 0.409 e. The van der Waals surface area contributed by atoms with E-state index in [4.69, 9.17) is 4.74 Å². The fourth-order valence-electron chi connectivity index (χ4n) is 3.71. The maximum absolute atomic E-state index is 12.7. The van der Waals surface area contributed by atoms with Crippen LogP contribution in [0.25, 0.3) is 0 Å². The minimum Gasteiger partial charge on any atom is -0.450 e. The first-order valence-electron chi connectivity index (χ1n) is 9.81. The lowest BCUT2D eigenvalue weighted by Gasteiger charge is -2.38. The largest absolute Gasteiger partial charge is 0.450 e. The number of aryl methyl sites for hydroxylation is 1. The minimum atomic E-state index is -0.254. The first-order valence-corrected chi connectivity index (χ1v) is 9.81. The van der Waals surface area contributed by atoms with E-state index in [1.165, 1.54) is 11.3 Å². The van der Waals surface area contributed by atoms with Crippen molar-refractivity contribution >= 4 is 17.7 Å². The maximum atomic E-state index is 12.7. The summed E-state index contributed by atoms with van der Waals surface area (Å²) in [6.07, 6.45) is -0.254. The Morgan fingerprint density at radius 1 is 0.926 bits per heavy atom. The lowest BCUT2D eigenvalue weighted by molar-refractivity contribution is -0.133. The van der Waals surface area contributed by atoms with Gasteiger partial charge < -0.3 is 19.4 Å². The van der Waals surface area contributed by atoms with E-state index in [9.17, 15) is 9.59 Å². The number of carbonyl (C=O) groups is 2. The normalized spacial score (nSPS) is 18.5. The van der Waals surface area contributed by atoms with E-state index in [1.54, 1.807) is 4.90 Å². The zero-order chi connectivity index (χ0) is 19.2. The van der Waals surface area contributed by atoms with Gasteiger partial charge in [-0.15, -0.1) is 0 Å². The van der Waals surface area contributed by atoms with Gasteiger partial charge in [-0.2, -0.15) is 0 Å². The molecule has 0 aromatic heterocycles. The Morgan fingerprint density at radius 3 is 2.19 bits per heavy atom. The Balaban J connectivity index is 1.43. The van der Waals surface area contributed by atoms with Crippen LogP contribution in [0.2, 0.25) is 0 Å². The quantitative estimate of drug-likeness (QED) is 0.798. The molecule has 1 aromatic carbocycles. The van der Waals surface area contributed by atoms with E-state index in [0.29, 0.717) is 39.3 Å². The Hall–Kier alpha value is -2.28. The summed E-state index contributed by atoms with van der Waals surface area (Å²) in [4.78, 5) is 32.6. The Bertz CT molecular complexity index is 650. The Kier molecular flexibility index (Phi) is 6.55. The average Bonchev–Trinajstić information content (AvgIpc) is 2.69. The molecule has 2 saturated heterocycles. The lowest BCUT2D eigenvalue weighted by Crippen LogP contribution is -2.54. The van der Waals surface area contributed by atoms with Crippen molar-refractivity contribution in [3.8, 4) is 0 Å². The van der Waals surface area contributed by atoms with Crippen molar-refractivity contribution in [2.24, 2.45) is 0 Å². The molecular weight excluding hydrogens is 344 g/mol. The number of nitrogens with zero attached hydrogens (tertiary/aromatic N) is 4. The number of rotatable bonds is 4. The molecule has 0 bridgehead atoms. The highest BCUT2D eigenvalue weighted by Crippen LogP contribution is 2.20. The summed E-state index contributed by atoms with van der Waals surface area (Å²) < 4.78 is 5.04. The van der Waals surface area contributed by atoms with Gasteiger partial charge in [0.05, 0.1) is 13.2 Å². The number of hydrogen-bond donors (Lipinski definition) is 0. The molecule has 1 aromatic rings. The van der Waals surface area contributed by atoms with Gasteiger partial charge in [0.2, 0.25) is 5.91 Å². The fourth-order valence-corrected chi connectivity index (χ4v) is 3.71. The van der Waals surface area contributed by atoms with Gasteiger partial charge in [0.15, 0.2) is 0 Å². The molecule has 2 aliphatic heterocycles. The van der Waals surface area contributed by atoms with Crippen LogP contribution in [0.3, 0.4) is 0 Å². The van der Waals surface area contributed by atoms with E-state index in [0.717, 1.165) is 26.2 Å². The third-order valence-electron chi connectivity index (χ3n) is 5.35. The monoisotopic (exact) mass is 374 g/mol. The molecule has 2 amide bonds. The molecule has 0 N–H and O–H groups in total. The van der Waals surface area contributed by atoms with E-state index < -0.39 is 0 Å². The van der Waals surface area contributed by atoms with Crippen LogP contribution in [-0.2, 0) is 9.53 Å². The predicted octanol–water partition coefficient (Wildman–Crippen LogP) is 1.42. The highest BCUT2D eigenvalue weighted by molar-refractivity contribution is 5.78. The molecule has 2 fully saturated rings. The van der Waals surface area contributed by atoms with Crippen LogP contribution in [-0.4, -0.2) is 92.2 Å². The SMILES string of the molecule is CCOC(=O)N1CCN(CC(=O)N2CCN(c3ccccc3C)CC2)CC1. The number of anilines is 1. The van der Waals surface area contributed by atoms with Gasteiger partial charge in [-0.25, -0.2) is 4.79 Å². The Morgan fingerprint density at radius 2 is 1.56 bits per heavy atom. The summed E-state index contributed by atoms with van der Waals surface area (Å²) in [7, 11) is 0. The minimum absolute atomic E-state index is 0.184. The van der Waals surface area contributed by atoms with Gasteiger partial charge in [0.1, 0.15) is 0 Å². The number of piperazine rings is 2. The van der Waals surface area contributed by atoms with Crippen molar-refractivity contribution in [1.82, 2.24) is 14.7 Å². The Labute approximate surface area is 161 Å². The summed E-state index contributed by atoms with van der Waals surface area (Å²) in [5.41, 5.74) is 2.54. The lowest BCUT2D eigenvalue weighted by atomic mass is 10.1. The summed E-state index contributed by atoms with van der Waals surface area (Å²) in [6.45, 7) is 10.7. The molecule has 0 saturated carbocycles. The number of ether oxygens (including phenoxy) is 1. The molecule has 7 nitrogen and oxygen atoms in total. The van der Waals surface area contributed by atoms with Gasteiger partial charge >= 0.3 is 6.09 Å². The van der Waals surface area contributed by atoms with Gasteiger partial charge in [0, 0.05) is 58.0 Å². The maximum Gasteiger partial charge on any atom is 0.409 e. The van der Waals surface area contributed by atoms with Crippen molar-refractivity contribution in [3.05, 3.63) is 29.8 Å². The fraction of sp³-hybridized carbons (Fsp3) is 0.600. The molecule has 7 heteroatoms. The average molecular weight is 374 g/mol. The van der Waals surface area contributed by atoms with Crippen LogP contribution in [0.15, 0.2) is 24.3 Å². The van der Waals surface area contributed by atoms with Crippen molar-refractivity contribution in [1.29, 1.82) is 0 Å². The van der Waals surface area contributed by atoms with E-state index in [1.807, 2.05) is 11.8 Å². The molecule has 0 atom stereocenters. The van der Waals surface area contributed by atoms with Gasteiger partial charge in [-0.3, -0.25) is 9.69 Å². The van der Waals surface area contributed by atoms with Crippen LogP contribution in [0, 0.1) is 6.92 Å². The van der Waals surface area contributed by atoms with Crippen LogP contribution < -0.4 is 4.90 Å². The highest BCUT2D eigenvalue weighted by Gasteiger charge is 2.26. The third-order valence-corrected chi connectivity index (χ3v) is 5.35. The molecule has 3 rings (SSSR count). The van der Waals surface area contributed by atoms with Crippen molar-refractivity contribution < 1.29 is 14.3 Å². The van der Waals surface area contributed by atoms with Crippen molar-refractivity contribution in [3.63, 3.8) is 0 Å². The van der Waals surface area contributed by atoms with Gasteiger partial charge in [-0.1, -0.05) is 18.2 Å². The number of benzene rings is 1. The molecule has 0 aliphatic carbocycles. The van der Waals surface area contributed by atoms with Crippen LogP contribution in [0.1, 0.15) is 12.5 Å². The van der Waals surface area contributed by atoms with Gasteiger partial charge in [0.25, 0.3) is 0 Å². The molecule has 0 unspecified atom stereocenters. The highest BCUT2D eigenvalue weighted by atomic mass is 16.6. The van der Waals surface area contributed by atoms with Crippen LogP contribution >= 0.6 is 0 Å². The molecule has 27 heavy (non-hydrogen) atoms. The van der Waals surface area contributed by atoms with E-state index >= 15 is 0 Å². The second-order valence-electron chi connectivity index (χ2n) is 7.12. The molecule has 2 heterocycles. The number of para-hydroxylation sites is 1. The topological polar surface area (TPSA) is 56.3 Å². The molecule has 148 valence electrons. The summed E-state index contributed by atoms with van der Waals surface area (Å²) in [5.74, 6) is 0.184. The van der Waals surface area contributed by atoms with Crippen LogP contribution in [0.5, 0.6) is 0 Å². The second-order valence-corrected chi connectivity index (χ2v) is 7.12. The summed E-state index contributed by atoms with van der Waals surface area (Å²) in [6, 6.07) is 8.40. The first kappa shape index (κ1) is 19.5. The number of amides is 2. The zero-order valence-corrected chi connectivity index (χ0v) is 16.4. The zero-order valence-electron chi connectivity index (χ0n) is 16.4. The molecule has 0 spiro atoms. The summed E-state index contributed by atoms with van der Waals surface area (Å²) >= 11 is 0. The first-order chi connectivity index (χ1) is 13.1. The van der Waals surface area contributed by atoms with Crippen LogP contribution in [0.4, 0.5) is 10.5 Å². The van der Waals surface area contributed by atoms with E-state index in [2.05, 4.69) is 41.0 Å². The van der Waals surface area contributed by atoms with Crippen molar-refractivity contribution in [2.45, 2.75) is 13.8 Å². The molecular formula is C20H30N4O3. The summed E-state index contributed by atoms with van der Waals surface area (Å²) in [5, 5.41) is 0. The van der Waals surface area contributed by atoms with E-state index in [-0.39, 0.29) is 12.0 Å². The van der Waals surface area contributed by atoms with Crippen molar-refractivity contribution in [2.75, 3.05) is 70.4 Å². The molecule has 2 aliphatic rings. The van der Waals surface area contributed by atoms with Gasteiger partial charge in [-0.05, 0) is 25.5 Å². The second kappa shape index (κ2) is 9.08. The number of carbonyl (C=O) groups excluding carboxylic acids is 2. The number of hydrogen-bond acceptors (Lipinski definition) is 5.